The predicted octanol–water partition coefficient (Wildman–Crippen LogP) is 3.85. The molecule has 0 aliphatic carbocycles. The van der Waals surface area contributed by atoms with E-state index in [0.29, 0.717) is 12.1 Å². The SMILES string of the molecule is CCCNC(c1ccccc1)C(CC)N(CC)CC. The molecule has 0 fully saturated rings. The maximum atomic E-state index is 3.74. The summed E-state index contributed by atoms with van der Waals surface area (Å²) in [7, 11) is 0. The molecule has 1 aromatic carbocycles. The molecule has 2 atom stereocenters. The zero-order valence-electron chi connectivity index (χ0n) is 13.0. The first kappa shape index (κ1) is 16.2. The molecular weight excluding hydrogens is 232 g/mol. The number of rotatable bonds is 9. The van der Waals surface area contributed by atoms with E-state index in [4.69, 9.17) is 0 Å². The predicted molar refractivity (Wildman–Crippen MR) is 84.5 cm³/mol. The second-order valence-corrected chi connectivity index (χ2v) is 5.04. The van der Waals surface area contributed by atoms with Crippen LogP contribution in [0.2, 0.25) is 0 Å². The average molecular weight is 262 g/mol. The highest BCUT2D eigenvalue weighted by Gasteiger charge is 2.25. The second kappa shape index (κ2) is 9.11. The molecule has 0 heterocycles. The third kappa shape index (κ3) is 4.63. The zero-order valence-corrected chi connectivity index (χ0v) is 13.0. The van der Waals surface area contributed by atoms with Gasteiger partial charge in [-0.05, 0) is 38.0 Å². The van der Waals surface area contributed by atoms with Gasteiger partial charge in [0, 0.05) is 12.1 Å². The first-order valence-corrected chi connectivity index (χ1v) is 7.80. The topological polar surface area (TPSA) is 15.3 Å². The molecular formula is C17H30N2. The van der Waals surface area contributed by atoms with E-state index >= 15 is 0 Å². The van der Waals surface area contributed by atoms with Gasteiger partial charge in [0.2, 0.25) is 0 Å². The monoisotopic (exact) mass is 262 g/mol. The molecule has 0 aromatic heterocycles. The summed E-state index contributed by atoms with van der Waals surface area (Å²) in [5, 5.41) is 3.74. The highest BCUT2D eigenvalue weighted by Crippen LogP contribution is 2.23. The van der Waals surface area contributed by atoms with Crippen LogP contribution in [0.25, 0.3) is 0 Å². The number of hydrogen-bond acceptors (Lipinski definition) is 2. The lowest BCUT2D eigenvalue weighted by Gasteiger charge is -2.36. The van der Waals surface area contributed by atoms with Gasteiger partial charge in [-0.3, -0.25) is 4.90 Å². The third-order valence-electron chi connectivity index (χ3n) is 3.86. The van der Waals surface area contributed by atoms with Crippen molar-refractivity contribution in [3.8, 4) is 0 Å². The first-order chi connectivity index (χ1) is 9.28. The molecule has 0 bridgehead atoms. The fourth-order valence-electron chi connectivity index (χ4n) is 2.83. The highest BCUT2D eigenvalue weighted by atomic mass is 15.2. The number of nitrogens with one attached hydrogen (secondary N) is 1. The molecule has 1 aromatic rings. The van der Waals surface area contributed by atoms with Crippen LogP contribution in [0.5, 0.6) is 0 Å². The van der Waals surface area contributed by atoms with Crippen molar-refractivity contribution in [2.75, 3.05) is 19.6 Å². The first-order valence-electron chi connectivity index (χ1n) is 7.80. The molecule has 2 unspecified atom stereocenters. The van der Waals surface area contributed by atoms with Crippen molar-refractivity contribution in [3.63, 3.8) is 0 Å². The van der Waals surface area contributed by atoms with E-state index in [1.54, 1.807) is 0 Å². The van der Waals surface area contributed by atoms with Crippen molar-refractivity contribution in [2.24, 2.45) is 0 Å². The van der Waals surface area contributed by atoms with E-state index < -0.39 is 0 Å². The molecule has 0 spiro atoms. The van der Waals surface area contributed by atoms with Crippen LogP contribution < -0.4 is 5.32 Å². The summed E-state index contributed by atoms with van der Waals surface area (Å²) in [5.41, 5.74) is 1.41. The Balaban J connectivity index is 2.93. The Hall–Kier alpha value is -0.860. The van der Waals surface area contributed by atoms with Crippen molar-refractivity contribution in [1.29, 1.82) is 0 Å². The Bertz CT molecular complexity index is 319. The summed E-state index contributed by atoms with van der Waals surface area (Å²) in [6.45, 7) is 12.4. The van der Waals surface area contributed by atoms with Crippen LogP contribution in [-0.4, -0.2) is 30.6 Å². The van der Waals surface area contributed by atoms with Crippen molar-refractivity contribution in [3.05, 3.63) is 35.9 Å². The minimum Gasteiger partial charge on any atom is -0.309 e. The summed E-state index contributed by atoms with van der Waals surface area (Å²) in [5.74, 6) is 0. The van der Waals surface area contributed by atoms with Gasteiger partial charge in [-0.25, -0.2) is 0 Å². The van der Waals surface area contributed by atoms with Gasteiger partial charge in [0.1, 0.15) is 0 Å². The molecule has 0 amide bonds. The van der Waals surface area contributed by atoms with Gasteiger partial charge in [-0.2, -0.15) is 0 Å². The molecule has 108 valence electrons. The van der Waals surface area contributed by atoms with Crippen LogP contribution in [0.15, 0.2) is 30.3 Å². The Kier molecular flexibility index (Phi) is 7.76. The van der Waals surface area contributed by atoms with Gasteiger partial charge in [-0.15, -0.1) is 0 Å². The van der Waals surface area contributed by atoms with E-state index in [-0.39, 0.29) is 0 Å². The van der Waals surface area contributed by atoms with Crippen LogP contribution >= 0.6 is 0 Å². The van der Waals surface area contributed by atoms with Crippen LogP contribution in [-0.2, 0) is 0 Å². The lowest BCUT2D eigenvalue weighted by atomic mass is 9.95. The molecule has 19 heavy (non-hydrogen) atoms. The summed E-state index contributed by atoms with van der Waals surface area (Å²) >= 11 is 0. The second-order valence-electron chi connectivity index (χ2n) is 5.04. The lowest BCUT2D eigenvalue weighted by Crippen LogP contribution is -2.44. The van der Waals surface area contributed by atoms with E-state index in [2.05, 4.69) is 68.2 Å². The van der Waals surface area contributed by atoms with Gasteiger partial charge in [0.15, 0.2) is 0 Å². The number of benzene rings is 1. The van der Waals surface area contributed by atoms with Crippen LogP contribution in [0.3, 0.4) is 0 Å². The lowest BCUT2D eigenvalue weighted by molar-refractivity contribution is 0.166. The molecule has 0 saturated heterocycles. The van der Waals surface area contributed by atoms with Crippen LogP contribution in [0.1, 0.15) is 52.1 Å². The number of likely N-dealkylation sites (N-methyl/N-ethyl adjacent to an activating group) is 1. The van der Waals surface area contributed by atoms with E-state index in [1.807, 2.05) is 0 Å². The Morgan fingerprint density at radius 2 is 1.63 bits per heavy atom. The minimum absolute atomic E-state index is 0.436. The van der Waals surface area contributed by atoms with Crippen molar-refractivity contribution < 1.29 is 0 Å². The molecule has 0 radical (unpaired) electrons. The normalized spacial score (nSPS) is 14.6. The molecule has 2 heteroatoms. The fourth-order valence-corrected chi connectivity index (χ4v) is 2.83. The smallest absolute Gasteiger partial charge is 0.0478 e. The molecule has 0 saturated carbocycles. The average Bonchev–Trinajstić information content (AvgIpc) is 2.47. The maximum absolute atomic E-state index is 3.74. The summed E-state index contributed by atoms with van der Waals surface area (Å²) < 4.78 is 0. The standard InChI is InChI=1S/C17H30N2/c1-5-14-18-17(15-12-10-9-11-13-15)16(6-2)19(7-3)8-4/h9-13,16-18H,5-8,14H2,1-4H3. The van der Waals surface area contributed by atoms with Gasteiger partial charge >= 0.3 is 0 Å². The Labute approximate surface area is 119 Å². The fraction of sp³-hybridized carbons (Fsp3) is 0.647. The van der Waals surface area contributed by atoms with E-state index in [0.717, 1.165) is 19.6 Å². The highest BCUT2D eigenvalue weighted by molar-refractivity contribution is 5.20. The Morgan fingerprint density at radius 1 is 1.00 bits per heavy atom. The number of hydrogen-bond donors (Lipinski definition) is 1. The largest absolute Gasteiger partial charge is 0.309 e. The molecule has 0 aliphatic rings. The third-order valence-corrected chi connectivity index (χ3v) is 3.86. The van der Waals surface area contributed by atoms with Crippen molar-refractivity contribution in [2.45, 2.75) is 52.6 Å². The quantitative estimate of drug-likeness (QED) is 0.727. The van der Waals surface area contributed by atoms with Gasteiger partial charge in [0.05, 0.1) is 0 Å². The minimum atomic E-state index is 0.436. The zero-order chi connectivity index (χ0) is 14.1. The Morgan fingerprint density at radius 3 is 2.11 bits per heavy atom. The summed E-state index contributed by atoms with van der Waals surface area (Å²) in [4.78, 5) is 2.57. The molecule has 2 nitrogen and oxygen atoms in total. The van der Waals surface area contributed by atoms with Gasteiger partial charge < -0.3 is 5.32 Å². The van der Waals surface area contributed by atoms with Crippen molar-refractivity contribution in [1.82, 2.24) is 10.2 Å². The van der Waals surface area contributed by atoms with E-state index in [1.165, 1.54) is 18.4 Å². The van der Waals surface area contributed by atoms with Gasteiger partial charge in [0.25, 0.3) is 0 Å². The molecule has 1 rings (SSSR count). The summed E-state index contributed by atoms with van der Waals surface area (Å²) in [6.07, 6.45) is 2.36. The number of nitrogens with zero attached hydrogens (tertiary/aromatic N) is 1. The van der Waals surface area contributed by atoms with Crippen LogP contribution in [0.4, 0.5) is 0 Å². The molecule has 1 N–H and O–H groups in total. The maximum Gasteiger partial charge on any atom is 0.0478 e. The molecule has 0 aliphatic heterocycles. The van der Waals surface area contributed by atoms with Gasteiger partial charge in [-0.1, -0.05) is 58.0 Å². The van der Waals surface area contributed by atoms with E-state index in [9.17, 15) is 0 Å². The summed E-state index contributed by atoms with van der Waals surface area (Å²) in [6, 6.07) is 11.9. The van der Waals surface area contributed by atoms with Crippen molar-refractivity contribution >= 4 is 0 Å². The van der Waals surface area contributed by atoms with Crippen LogP contribution in [0, 0.1) is 0 Å².